The van der Waals surface area contributed by atoms with Gasteiger partial charge < -0.3 is 9.67 Å². The average molecular weight is 421 g/mol. The minimum atomic E-state index is -3.80. The van der Waals surface area contributed by atoms with Crippen molar-refractivity contribution in [3.05, 3.63) is 95.7 Å². The van der Waals surface area contributed by atoms with E-state index in [4.69, 9.17) is 0 Å². The maximum Gasteiger partial charge on any atom is 0.243 e. The molecule has 4 aromatic rings. The number of phenols is 1. The Kier molecular flexibility index (Phi) is 5.61. The van der Waals surface area contributed by atoms with E-state index < -0.39 is 10.0 Å². The Morgan fingerprint density at radius 2 is 1.53 bits per heavy atom. The predicted octanol–water partition coefficient (Wildman–Crippen LogP) is 4.44. The van der Waals surface area contributed by atoms with Crippen molar-refractivity contribution < 1.29 is 13.5 Å². The molecule has 0 saturated heterocycles. The van der Waals surface area contributed by atoms with E-state index in [1.807, 2.05) is 72.2 Å². The van der Waals surface area contributed by atoms with Crippen LogP contribution in [0.25, 0.3) is 10.9 Å². The van der Waals surface area contributed by atoms with Gasteiger partial charge in [-0.25, -0.2) is 13.1 Å². The fraction of sp³-hybridized carbons (Fsp3) is 0.167. The molecule has 0 bridgehead atoms. The molecule has 1 heterocycles. The second-order valence-corrected chi connectivity index (χ2v) is 8.92. The van der Waals surface area contributed by atoms with E-state index >= 15 is 0 Å². The van der Waals surface area contributed by atoms with E-state index in [1.165, 1.54) is 6.07 Å². The highest BCUT2D eigenvalue weighted by Crippen LogP contribution is 2.33. The maximum absolute atomic E-state index is 13.4. The molecule has 0 atom stereocenters. The van der Waals surface area contributed by atoms with Gasteiger partial charge in [-0.05, 0) is 35.7 Å². The molecule has 0 aliphatic carbocycles. The van der Waals surface area contributed by atoms with E-state index in [0.29, 0.717) is 18.4 Å². The number of phenolic OH excluding ortho intramolecular Hbond substituents is 1. The number of aromatic nitrogens is 1. The Balaban J connectivity index is 1.83. The Morgan fingerprint density at radius 3 is 2.17 bits per heavy atom. The molecular weight excluding hydrogens is 396 g/mol. The molecule has 0 unspecified atom stereocenters. The standard InChI is InChI=1S/C24H24N2O3S/c1-2-22-24(30(28,29)25-16-18-9-5-3-6-10-18)21-15-20(27)13-14-23(21)26(22)17-19-11-7-4-8-12-19/h3-15,25,27H,2,16-17H2,1H3. The molecule has 0 aliphatic rings. The van der Waals surface area contributed by atoms with Crippen LogP contribution in [0.4, 0.5) is 0 Å². The van der Waals surface area contributed by atoms with Crippen molar-refractivity contribution >= 4 is 20.9 Å². The summed E-state index contributed by atoms with van der Waals surface area (Å²) in [6.07, 6.45) is 0.545. The first-order valence-electron chi connectivity index (χ1n) is 9.91. The zero-order chi connectivity index (χ0) is 21.1. The molecule has 6 heteroatoms. The summed E-state index contributed by atoms with van der Waals surface area (Å²) in [7, 11) is -3.80. The molecule has 30 heavy (non-hydrogen) atoms. The van der Waals surface area contributed by atoms with Gasteiger partial charge in [0.2, 0.25) is 10.0 Å². The lowest BCUT2D eigenvalue weighted by molar-refractivity contribution is 0.476. The van der Waals surface area contributed by atoms with Gasteiger partial charge in [0.05, 0.1) is 5.52 Å². The number of aromatic hydroxyl groups is 1. The summed E-state index contributed by atoms with van der Waals surface area (Å²) in [5.74, 6) is 0.0431. The molecule has 5 nitrogen and oxygen atoms in total. The Morgan fingerprint density at radius 1 is 0.900 bits per heavy atom. The molecule has 4 rings (SSSR count). The third-order valence-electron chi connectivity index (χ3n) is 5.20. The summed E-state index contributed by atoms with van der Waals surface area (Å²) < 4.78 is 31.5. The van der Waals surface area contributed by atoms with E-state index in [-0.39, 0.29) is 17.2 Å². The summed E-state index contributed by atoms with van der Waals surface area (Å²) in [5.41, 5.74) is 3.47. The molecule has 2 N–H and O–H groups in total. The second-order valence-electron chi connectivity index (χ2n) is 7.21. The van der Waals surface area contributed by atoms with Crippen LogP contribution in [0.15, 0.2) is 83.8 Å². The zero-order valence-electron chi connectivity index (χ0n) is 16.7. The van der Waals surface area contributed by atoms with E-state index in [0.717, 1.165) is 22.3 Å². The second kappa shape index (κ2) is 8.34. The van der Waals surface area contributed by atoms with Gasteiger partial charge in [-0.3, -0.25) is 0 Å². The summed E-state index contributed by atoms with van der Waals surface area (Å²) in [5, 5.41) is 10.6. The van der Waals surface area contributed by atoms with Crippen LogP contribution in [-0.2, 0) is 29.5 Å². The van der Waals surface area contributed by atoms with E-state index in [2.05, 4.69) is 4.72 Å². The minimum Gasteiger partial charge on any atom is -0.508 e. The van der Waals surface area contributed by atoms with Crippen molar-refractivity contribution in [3.63, 3.8) is 0 Å². The smallest absolute Gasteiger partial charge is 0.243 e. The molecule has 0 saturated carbocycles. The highest BCUT2D eigenvalue weighted by Gasteiger charge is 2.26. The normalized spacial score (nSPS) is 11.8. The third kappa shape index (κ3) is 3.97. The number of nitrogens with one attached hydrogen (secondary N) is 1. The molecule has 1 aromatic heterocycles. The number of hydrogen-bond acceptors (Lipinski definition) is 3. The van der Waals surface area contributed by atoms with Crippen LogP contribution in [0.3, 0.4) is 0 Å². The predicted molar refractivity (Wildman–Crippen MR) is 119 cm³/mol. The lowest BCUT2D eigenvalue weighted by Crippen LogP contribution is -2.24. The summed E-state index contributed by atoms with van der Waals surface area (Å²) in [4.78, 5) is 0.239. The molecule has 154 valence electrons. The first-order chi connectivity index (χ1) is 14.5. The van der Waals surface area contributed by atoms with Crippen molar-refractivity contribution in [1.29, 1.82) is 0 Å². The summed E-state index contributed by atoms with van der Waals surface area (Å²) in [6, 6.07) is 24.3. The van der Waals surface area contributed by atoms with Crippen LogP contribution >= 0.6 is 0 Å². The number of hydrogen-bond donors (Lipinski definition) is 2. The van der Waals surface area contributed by atoms with Crippen LogP contribution in [-0.4, -0.2) is 18.1 Å². The number of rotatable bonds is 7. The van der Waals surface area contributed by atoms with Gasteiger partial charge in [-0.2, -0.15) is 0 Å². The molecule has 0 radical (unpaired) electrons. The average Bonchev–Trinajstić information content (AvgIpc) is 3.07. The van der Waals surface area contributed by atoms with E-state index in [1.54, 1.807) is 12.1 Å². The molecule has 3 aromatic carbocycles. The first-order valence-corrected chi connectivity index (χ1v) is 11.4. The highest BCUT2D eigenvalue weighted by atomic mass is 32.2. The van der Waals surface area contributed by atoms with E-state index in [9.17, 15) is 13.5 Å². The fourth-order valence-corrected chi connectivity index (χ4v) is 5.33. The molecule has 0 amide bonds. The Labute approximate surface area is 176 Å². The minimum absolute atomic E-state index is 0.0431. The molecule has 0 fully saturated rings. The number of nitrogens with zero attached hydrogens (tertiary/aromatic N) is 1. The van der Waals surface area contributed by atoms with Crippen molar-refractivity contribution in [2.75, 3.05) is 0 Å². The first kappa shape index (κ1) is 20.2. The lowest BCUT2D eigenvalue weighted by atomic mass is 10.2. The van der Waals surface area contributed by atoms with Crippen molar-refractivity contribution in [2.24, 2.45) is 0 Å². The van der Waals surface area contributed by atoms with Gasteiger partial charge in [0, 0.05) is 24.2 Å². The maximum atomic E-state index is 13.4. The number of benzene rings is 3. The van der Waals surface area contributed by atoms with Crippen LogP contribution < -0.4 is 4.72 Å². The van der Waals surface area contributed by atoms with Crippen LogP contribution in [0.1, 0.15) is 23.7 Å². The SMILES string of the molecule is CCc1c(S(=O)(=O)NCc2ccccc2)c2cc(O)ccc2n1Cc1ccccc1. The van der Waals surface area contributed by atoms with Crippen LogP contribution in [0, 0.1) is 0 Å². The highest BCUT2D eigenvalue weighted by molar-refractivity contribution is 7.89. The van der Waals surface area contributed by atoms with Crippen molar-refractivity contribution in [1.82, 2.24) is 9.29 Å². The van der Waals surface area contributed by atoms with Crippen LogP contribution in [0.5, 0.6) is 5.75 Å². The van der Waals surface area contributed by atoms with Gasteiger partial charge in [0.15, 0.2) is 0 Å². The van der Waals surface area contributed by atoms with Gasteiger partial charge in [-0.1, -0.05) is 67.6 Å². The Bertz CT molecular complexity index is 1260. The number of sulfonamides is 1. The molecule has 0 spiro atoms. The lowest BCUT2D eigenvalue weighted by Gasteiger charge is -2.12. The monoisotopic (exact) mass is 420 g/mol. The number of fused-ring (bicyclic) bond motifs is 1. The van der Waals surface area contributed by atoms with Crippen molar-refractivity contribution in [2.45, 2.75) is 31.3 Å². The summed E-state index contributed by atoms with van der Waals surface area (Å²) in [6.45, 7) is 2.71. The fourth-order valence-electron chi connectivity index (χ4n) is 3.81. The summed E-state index contributed by atoms with van der Waals surface area (Å²) >= 11 is 0. The van der Waals surface area contributed by atoms with Gasteiger partial charge in [0.25, 0.3) is 0 Å². The largest absolute Gasteiger partial charge is 0.508 e. The molecular formula is C24H24N2O3S. The third-order valence-corrected chi connectivity index (χ3v) is 6.72. The van der Waals surface area contributed by atoms with Gasteiger partial charge >= 0.3 is 0 Å². The Hall–Kier alpha value is -3.09. The quantitative estimate of drug-likeness (QED) is 0.464. The molecule has 0 aliphatic heterocycles. The van der Waals surface area contributed by atoms with Gasteiger partial charge in [-0.15, -0.1) is 0 Å². The van der Waals surface area contributed by atoms with Crippen LogP contribution in [0.2, 0.25) is 0 Å². The van der Waals surface area contributed by atoms with Gasteiger partial charge in [0.1, 0.15) is 10.6 Å². The zero-order valence-corrected chi connectivity index (χ0v) is 17.6. The topological polar surface area (TPSA) is 71.3 Å². The van der Waals surface area contributed by atoms with Crippen molar-refractivity contribution in [3.8, 4) is 5.75 Å².